The Morgan fingerprint density at radius 2 is 1.91 bits per heavy atom. The van der Waals surface area contributed by atoms with Crippen LogP contribution in [-0.4, -0.2) is 25.2 Å². The molecular formula is C16H16ClN3OS. The maximum atomic E-state index is 12.0. The number of carbonyl (C=O) groups excluding carboxylic acids is 1. The van der Waals surface area contributed by atoms with Crippen LogP contribution in [0.25, 0.3) is 0 Å². The van der Waals surface area contributed by atoms with Gasteiger partial charge in [-0.2, -0.15) is 5.10 Å². The summed E-state index contributed by atoms with van der Waals surface area (Å²) in [5.41, 5.74) is 4.30. The molecule has 1 N–H and O–H groups in total. The third-order valence-corrected chi connectivity index (χ3v) is 4.72. The molecule has 1 fully saturated rings. The lowest BCUT2D eigenvalue weighted by atomic mass is 10.2. The second kappa shape index (κ2) is 6.94. The molecule has 6 heteroatoms. The zero-order chi connectivity index (χ0) is 15.4. The number of hydrogen-bond acceptors (Lipinski definition) is 4. The fourth-order valence-corrected chi connectivity index (χ4v) is 3.35. The van der Waals surface area contributed by atoms with Crippen LogP contribution >= 0.6 is 22.9 Å². The van der Waals surface area contributed by atoms with Crippen molar-refractivity contribution in [2.75, 3.05) is 18.0 Å². The van der Waals surface area contributed by atoms with Gasteiger partial charge in [0.25, 0.3) is 5.91 Å². The van der Waals surface area contributed by atoms with Crippen LogP contribution in [0.5, 0.6) is 0 Å². The van der Waals surface area contributed by atoms with E-state index in [9.17, 15) is 4.79 Å². The van der Waals surface area contributed by atoms with Gasteiger partial charge in [0, 0.05) is 29.2 Å². The molecule has 0 radical (unpaired) electrons. The first-order valence-corrected chi connectivity index (χ1v) is 8.35. The molecule has 0 atom stereocenters. The van der Waals surface area contributed by atoms with Crippen LogP contribution in [0.2, 0.25) is 4.34 Å². The molecule has 0 unspecified atom stereocenters. The van der Waals surface area contributed by atoms with E-state index in [1.165, 1.54) is 29.9 Å². The second-order valence-corrected chi connectivity index (χ2v) is 6.83. The normalized spacial score (nSPS) is 14.7. The van der Waals surface area contributed by atoms with E-state index >= 15 is 0 Å². The van der Waals surface area contributed by atoms with Crippen molar-refractivity contribution in [1.29, 1.82) is 0 Å². The summed E-state index contributed by atoms with van der Waals surface area (Å²) < 4.78 is 0.699. The van der Waals surface area contributed by atoms with E-state index in [1.54, 1.807) is 12.3 Å². The third-order valence-electron chi connectivity index (χ3n) is 3.55. The minimum atomic E-state index is -0.216. The zero-order valence-electron chi connectivity index (χ0n) is 12.0. The highest BCUT2D eigenvalue weighted by Gasteiger charge is 2.12. The van der Waals surface area contributed by atoms with E-state index in [4.69, 9.17) is 11.6 Å². The Bertz CT molecular complexity index is 675. The van der Waals surface area contributed by atoms with Gasteiger partial charge in [0.1, 0.15) is 0 Å². The lowest BCUT2D eigenvalue weighted by molar-refractivity contribution is 0.0955. The van der Waals surface area contributed by atoms with E-state index in [-0.39, 0.29) is 5.91 Å². The summed E-state index contributed by atoms with van der Waals surface area (Å²) in [6.07, 6.45) is 4.07. The molecule has 0 bridgehead atoms. The summed E-state index contributed by atoms with van der Waals surface area (Å²) in [7, 11) is 0. The fraction of sp³-hybridized carbons (Fsp3) is 0.250. The van der Waals surface area contributed by atoms with Crippen LogP contribution in [0.4, 0.5) is 5.69 Å². The van der Waals surface area contributed by atoms with E-state index in [0.717, 1.165) is 18.0 Å². The molecule has 114 valence electrons. The Kier molecular flexibility index (Phi) is 4.75. The maximum Gasteiger partial charge on any atom is 0.271 e. The molecule has 2 aromatic rings. The van der Waals surface area contributed by atoms with E-state index in [1.807, 2.05) is 30.3 Å². The number of halogens is 1. The lowest BCUT2D eigenvalue weighted by Gasteiger charge is -2.17. The van der Waals surface area contributed by atoms with E-state index in [0.29, 0.717) is 9.90 Å². The number of carbonyl (C=O) groups is 1. The molecule has 1 saturated heterocycles. The third kappa shape index (κ3) is 3.67. The molecule has 3 rings (SSSR count). The Labute approximate surface area is 138 Å². The Morgan fingerprint density at radius 1 is 1.18 bits per heavy atom. The number of benzene rings is 1. The minimum absolute atomic E-state index is 0.216. The van der Waals surface area contributed by atoms with Gasteiger partial charge in [0.15, 0.2) is 0 Å². The van der Waals surface area contributed by atoms with Crippen molar-refractivity contribution in [2.45, 2.75) is 12.8 Å². The largest absolute Gasteiger partial charge is 0.372 e. The number of nitrogens with zero attached hydrogens (tertiary/aromatic N) is 2. The number of hydrazone groups is 1. The predicted molar refractivity (Wildman–Crippen MR) is 92.3 cm³/mol. The molecule has 4 nitrogen and oxygen atoms in total. The van der Waals surface area contributed by atoms with Crippen molar-refractivity contribution < 1.29 is 4.79 Å². The Hall–Kier alpha value is -1.85. The average molecular weight is 334 g/mol. The Balaban J connectivity index is 1.58. The highest BCUT2D eigenvalue weighted by molar-refractivity contribution is 7.17. The minimum Gasteiger partial charge on any atom is -0.372 e. The van der Waals surface area contributed by atoms with Gasteiger partial charge in [0.05, 0.1) is 10.6 Å². The van der Waals surface area contributed by atoms with Crippen LogP contribution in [-0.2, 0) is 0 Å². The van der Waals surface area contributed by atoms with Crippen LogP contribution in [0.1, 0.15) is 28.1 Å². The fourth-order valence-electron chi connectivity index (χ4n) is 2.42. The number of thiophene rings is 1. The number of hydrogen-bond donors (Lipinski definition) is 1. The molecule has 1 aliphatic heterocycles. The summed E-state index contributed by atoms with van der Waals surface area (Å²) >= 11 is 7.24. The first-order valence-electron chi connectivity index (χ1n) is 7.16. The number of anilines is 1. The number of rotatable bonds is 4. The average Bonchev–Trinajstić information content (AvgIpc) is 3.19. The monoisotopic (exact) mass is 333 g/mol. The summed E-state index contributed by atoms with van der Waals surface area (Å²) in [6.45, 7) is 2.19. The van der Waals surface area contributed by atoms with Crippen LogP contribution in [0.3, 0.4) is 0 Å². The first-order chi connectivity index (χ1) is 10.7. The smallest absolute Gasteiger partial charge is 0.271 e. The van der Waals surface area contributed by atoms with Gasteiger partial charge >= 0.3 is 0 Å². The molecule has 22 heavy (non-hydrogen) atoms. The van der Waals surface area contributed by atoms with Crippen molar-refractivity contribution >= 4 is 40.7 Å². The van der Waals surface area contributed by atoms with Crippen molar-refractivity contribution in [3.8, 4) is 0 Å². The summed E-state index contributed by atoms with van der Waals surface area (Å²) in [5.74, 6) is -0.216. The molecule has 2 heterocycles. The van der Waals surface area contributed by atoms with Gasteiger partial charge in [0.2, 0.25) is 0 Å². The summed E-state index contributed by atoms with van der Waals surface area (Å²) in [5, 5.41) is 3.95. The highest BCUT2D eigenvalue weighted by Crippen LogP contribution is 2.21. The zero-order valence-corrected chi connectivity index (χ0v) is 13.5. The second-order valence-electron chi connectivity index (χ2n) is 5.08. The van der Waals surface area contributed by atoms with Gasteiger partial charge in [-0.3, -0.25) is 4.79 Å². The van der Waals surface area contributed by atoms with Gasteiger partial charge in [-0.1, -0.05) is 11.6 Å². The molecule has 1 aliphatic rings. The van der Waals surface area contributed by atoms with Crippen molar-refractivity contribution in [2.24, 2.45) is 5.10 Å². The van der Waals surface area contributed by atoms with Gasteiger partial charge in [-0.25, -0.2) is 5.43 Å². The number of nitrogens with one attached hydrogen (secondary N) is 1. The standard InChI is InChI=1S/C16H16ClN3OS/c17-15-8-7-14(22-15)11-18-19-16(21)12-3-5-13(6-4-12)20-9-1-2-10-20/h3-8,11H,1-2,9-10H2,(H,19,21)/b18-11-. The first kappa shape index (κ1) is 15.1. The van der Waals surface area contributed by atoms with Gasteiger partial charge in [-0.05, 0) is 49.2 Å². The van der Waals surface area contributed by atoms with Gasteiger partial charge < -0.3 is 4.90 Å². The van der Waals surface area contributed by atoms with Gasteiger partial charge in [-0.15, -0.1) is 11.3 Å². The van der Waals surface area contributed by atoms with Crippen LogP contribution in [0, 0.1) is 0 Å². The van der Waals surface area contributed by atoms with E-state index < -0.39 is 0 Å². The summed E-state index contributed by atoms with van der Waals surface area (Å²) in [4.78, 5) is 15.2. The van der Waals surface area contributed by atoms with Crippen molar-refractivity contribution in [1.82, 2.24) is 5.43 Å². The quantitative estimate of drug-likeness (QED) is 0.684. The van der Waals surface area contributed by atoms with Crippen LogP contribution < -0.4 is 10.3 Å². The van der Waals surface area contributed by atoms with Crippen molar-refractivity contribution in [3.05, 3.63) is 51.2 Å². The molecule has 1 aromatic heterocycles. The topological polar surface area (TPSA) is 44.7 Å². The molecule has 0 saturated carbocycles. The molecular weight excluding hydrogens is 318 g/mol. The highest BCUT2D eigenvalue weighted by atomic mass is 35.5. The summed E-state index contributed by atoms with van der Waals surface area (Å²) in [6, 6.07) is 11.3. The van der Waals surface area contributed by atoms with Crippen LogP contribution in [0.15, 0.2) is 41.5 Å². The molecule has 0 aliphatic carbocycles. The molecule has 0 spiro atoms. The number of amides is 1. The molecule has 1 amide bonds. The maximum absolute atomic E-state index is 12.0. The van der Waals surface area contributed by atoms with E-state index in [2.05, 4.69) is 15.4 Å². The molecule has 1 aromatic carbocycles. The Morgan fingerprint density at radius 3 is 2.55 bits per heavy atom. The lowest BCUT2D eigenvalue weighted by Crippen LogP contribution is -2.19. The van der Waals surface area contributed by atoms with Crippen molar-refractivity contribution in [3.63, 3.8) is 0 Å². The predicted octanol–water partition coefficient (Wildman–Crippen LogP) is 3.77. The SMILES string of the molecule is O=C(N/N=C\c1ccc(Cl)s1)c1ccc(N2CCCC2)cc1.